The maximum absolute atomic E-state index is 3.72. The predicted octanol–water partition coefficient (Wildman–Crippen LogP) is 1.32. The minimum Gasteiger partial charge on any atom is -0.316 e. The van der Waals surface area contributed by atoms with E-state index in [2.05, 4.69) is 35.8 Å². The molecule has 15 heavy (non-hydrogen) atoms. The lowest BCUT2D eigenvalue weighted by molar-refractivity contribution is 0.508. The van der Waals surface area contributed by atoms with Gasteiger partial charge in [0.15, 0.2) is 0 Å². The third-order valence-electron chi connectivity index (χ3n) is 4.08. The van der Waals surface area contributed by atoms with Crippen LogP contribution < -0.4 is 10.6 Å². The Kier molecular flexibility index (Phi) is 2.41. The number of hydrogen-bond donors (Lipinski definition) is 2. The highest BCUT2D eigenvalue weighted by Crippen LogP contribution is 2.41. The zero-order valence-corrected chi connectivity index (χ0v) is 9.37. The van der Waals surface area contributed by atoms with E-state index < -0.39 is 0 Å². The van der Waals surface area contributed by atoms with Crippen molar-refractivity contribution >= 4 is 0 Å². The second kappa shape index (κ2) is 3.76. The molecule has 2 fully saturated rings. The highest BCUT2D eigenvalue weighted by atomic mass is 15.1. The quantitative estimate of drug-likeness (QED) is 0.724. The number of hydrogen-bond acceptors (Lipinski definition) is 2. The van der Waals surface area contributed by atoms with Crippen LogP contribution in [-0.2, 0) is 0 Å². The monoisotopic (exact) mass is 204 g/mol. The van der Waals surface area contributed by atoms with Gasteiger partial charge in [0.1, 0.15) is 0 Å². The topological polar surface area (TPSA) is 24.1 Å². The fourth-order valence-electron chi connectivity index (χ4n) is 2.93. The summed E-state index contributed by atoms with van der Waals surface area (Å²) in [6.07, 6.45) is 8.18. The van der Waals surface area contributed by atoms with Crippen LogP contribution in [0.4, 0.5) is 0 Å². The molecule has 0 aromatic carbocycles. The van der Waals surface area contributed by atoms with E-state index in [0.717, 1.165) is 30.3 Å². The smallest absolute Gasteiger partial charge is 0.0155 e. The van der Waals surface area contributed by atoms with Gasteiger partial charge in [-0.2, -0.15) is 0 Å². The zero-order chi connectivity index (χ0) is 10.3. The van der Waals surface area contributed by atoms with Gasteiger partial charge in [-0.05, 0) is 44.2 Å². The molecule has 1 heterocycles. The van der Waals surface area contributed by atoms with E-state index in [0.29, 0.717) is 0 Å². The molecule has 3 rings (SSSR count). The van der Waals surface area contributed by atoms with Crippen molar-refractivity contribution in [2.24, 2.45) is 17.8 Å². The van der Waals surface area contributed by atoms with Crippen LogP contribution in [0.2, 0.25) is 0 Å². The van der Waals surface area contributed by atoms with Crippen molar-refractivity contribution in [2.75, 3.05) is 19.6 Å². The summed E-state index contributed by atoms with van der Waals surface area (Å²) < 4.78 is 0. The minimum atomic E-state index is 0.725. The minimum absolute atomic E-state index is 0.725. The summed E-state index contributed by atoms with van der Waals surface area (Å²) in [5.74, 6) is 2.60. The molecule has 1 saturated carbocycles. The van der Waals surface area contributed by atoms with E-state index in [4.69, 9.17) is 0 Å². The number of allylic oxidation sites excluding steroid dienone is 3. The van der Waals surface area contributed by atoms with Gasteiger partial charge in [-0.1, -0.05) is 23.8 Å². The SMILES string of the molecule is CC1=CCC(CNC2[C@H]3CNC[C@@H]23)C=C1. The molecular weight excluding hydrogens is 184 g/mol. The van der Waals surface area contributed by atoms with Crippen LogP contribution in [0.3, 0.4) is 0 Å². The molecule has 2 heteroatoms. The molecule has 3 aliphatic rings. The summed E-state index contributed by atoms with van der Waals surface area (Å²) in [5, 5.41) is 7.15. The average Bonchev–Trinajstić information content (AvgIpc) is 2.71. The largest absolute Gasteiger partial charge is 0.316 e. The van der Waals surface area contributed by atoms with Crippen molar-refractivity contribution in [1.29, 1.82) is 0 Å². The van der Waals surface area contributed by atoms with Crippen LogP contribution in [-0.4, -0.2) is 25.7 Å². The first-order valence-corrected chi connectivity index (χ1v) is 6.13. The Hall–Kier alpha value is -0.600. The molecule has 1 saturated heterocycles. The zero-order valence-electron chi connectivity index (χ0n) is 9.37. The third kappa shape index (κ3) is 1.88. The molecule has 1 aliphatic heterocycles. The van der Waals surface area contributed by atoms with Crippen LogP contribution in [0.1, 0.15) is 13.3 Å². The second-order valence-corrected chi connectivity index (χ2v) is 5.22. The van der Waals surface area contributed by atoms with Crippen molar-refractivity contribution in [1.82, 2.24) is 10.6 Å². The fraction of sp³-hybridized carbons (Fsp3) is 0.692. The van der Waals surface area contributed by atoms with Crippen LogP contribution in [0.15, 0.2) is 23.8 Å². The summed E-state index contributed by atoms with van der Waals surface area (Å²) in [5.41, 5.74) is 1.42. The van der Waals surface area contributed by atoms with E-state index in [9.17, 15) is 0 Å². The summed E-state index contributed by atoms with van der Waals surface area (Å²) in [6, 6.07) is 0.826. The normalized spacial score (nSPS) is 42.6. The van der Waals surface area contributed by atoms with Crippen LogP contribution in [0.5, 0.6) is 0 Å². The first-order valence-electron chi connectivity index (χ1n) is 6.13. The summed E-state index contributed by atoms with van der Waals surface area (Å²) >= 11 is 0. The maximum atomic E-state index is 3.72. The van der Waals surface area contributed by atoms with E-state index in [1.54, 1.807) is 0 Å². The molecular formula is C13H20N2. The van der Waals surface area contributed by atoms with E-state index >= 15 is 0 Å². The van der Waals surface area contributed by atoms with Gasteiger partial charge in [0, 0.05) is 12.6 Å². The summed E-state index contributed by atoms with van der Waals surface area (Å²) in [6.45, 7) is 5.82. The Morgan fingerprint density at radius 3 is 2.87 bits per heavy atom. The maximum Gasteiger partial charge on any atom is 0.0155 e. The molecule has 2 unspecified atom stereocenters. The van der Waals surface area contributed by atoms with Gasteiger partial charge in [-0.15, -0.1) is 0 Å². The molecule has 2 aliphatic carbocycles. The van der Waals surface area contributed by atoms with Crippen molar-refractivity contribution < 1.29 is 0 Å². The fourth-order valence-corrected chi connectivity index (χ4v) is 2.93. The highest BCUT2D eigenvalue weighted by Gasteiger charge is 2.52. The van der Waals surface area contributed by atoms with Gasteiger partial charge >= 0.3 is 0 Å². The van der Waals surface area contributed by atoms with Gasteiger partial charge < -0.3 is 10.6 Å². The Balaban J connectivity index is 1.42. The molecule has 0 amide bonds. The van der Waals surface area contributed by atoms with Crippen molar-refractivity contribution in [3.05, 3.63) is 23.8 Å². The molecule has 4 atom stereocenters. The van der Waals surface area contributed by atoms with Gasteiger partial charge in [0.2, 0.25) is 0 Å². The van der Waals surface area contributed by atoms with Gasteiger partial charge in [-0.3, -0.25) is 0 Å². The summed E-state index contributed by atoms with van der Waals surface area (Å²) in [4.78, 5) is 0. The number of fused-ring (bicyclic) bond motifs is 1. The predicted molar refractivity (Wildman–Crippen MR) is 62.6 cm³/mol. The Morgan fingerprint density at radius 1 is 1.40 bits per heavy atom. The van der Waals surface area contributed by atoms with Crippen molar-refractivity contribution in [3.63, 3.8) is 0 Å². The first-order chi connectivity index (χ1) is 7.34. The van der Waals surface area contributed by atoms with Crippen LogP contribution >= 0.6 is 0 Å². The third-order valence-corrected chi connectivity index (χ3v) is 4.08. The molecule has 0 aromatic rings. The standard InChI is InChI=1S/C13H20N2/c1-9-2-4-10(5-3-9)6-15-13-11-7-14-8-12(11)13/h2-4,10-15H,5-8H2,1H3/t10?,11-,12+,13?. The highest BCUT2D eigenvalue weighted by molar-refractivity contribution is 5.21. The molecule has 0 bridgehead atoms. The molecule has 2 N–H and O–H groups in total. The molecule has 2 nitrogen and oxygen atoms in total. The van der Waals surface area contributed by atoms with E-state index in [1.807, 2.05) is 0 Å². The second-order valence-electron chi connectivity index (χ2n) is 5.22. The Morgan fingerprint density at radius 2 is 2.20 bits per heavy atom. The Labute approximate surface area is 91.8 Å². The molecule has 0 radical (unpaired) electrons. The molecule has 0 spiro atoms. The van der Waals surface area contributed by atoms with E-state index in [1.165, 1.54) is 25.1 Å². The lowest BCUT2D eigenvalue weighted by Crippen LogP contribution is -2.31. The van der Waals surface area contributed by atoms with Gasteiger partial charge in [0.25, 0.3) is 0 Å². The van der Waals surface area contributed by atoms with Crippen molar-refractivity contribution in [2.45, 2.75) is 19.4 Å². The van der Waals surface area contributed by atoms with Crippen LogP contribution in [0, 0.1) is 17.8 Å². The van der Waals surface area contributed by atoms with E-state index in [-0.39, 0.29) is 0 Å². The Bertz CT molecular complexity index is 296. The molecule has 0 aromatic heterocycles. The van der Waals surface area contributed by atoms with Crippen LogP contribution in [0.25, 0.3) is 0 Å². The van der Waals surface area contributed by atoms with Crippen molar-refractivity contribution in [3.8, 4) is 0 Å². The number of piperidine rings is 1. The molecule has 82 valence electrons. The van der Waals surface area contributed by atoms with Gasteiger partial charge in [0.05, 0.1) is 0 Å². The average molecular weight is 204 g/mol. The first kappa shape index (κ1) is 9.61. The number of rotatable bonds is 3. The lowest BCUT2D eigenvalue weighted by Gasteiger charge is -2.16. The lowest BCUT2D eigenvalue weighted by atomic mass is 9.97. The number of nitrogens with one attached hydrogen (secondary N) is 2. The summed E-state index contributed by atoms with van der Waals surface area (Å²) in [7, 11) is 0. The van der Waals surface area contributed by atoms with Gasteiger partial charge in [-0.25, -0.2) is 0 Å².